The molecule has 1 aliphatic carbocycles. The topological polar surface area (TPSA) is 58.5 Å². The third-order valence-corrected chi connectivity index (χ3v) is 4.93. The first kappa shape index (κ1) is 14.8. The number of nitrogens with zero attached hydrogens (tertiary/aromatic N) is 2. The quantitative estimate of drug-likeness (QED) is 0.885. The zero-order chi connectivity index (χ0) is 15.7. The van der Waals surface area contributed by atoms with Crippen LogP contribution in [-0.2, 0) is 5.60 Å². The average Bonchev–Trinajstić information content (AvgIpc) is 3.20. The van der Waals surface area contributed by atoms with Crippen LogP contribution in [0.4, 0.5) is 5.13 Å². The Labute approximate surface area is 143 Å². The second-order valence-corrected chi connectivity index (χ2v) is 7.02. The number of ether oxygens (including phenoxy) is 1. The van der Waals surface area contributed by atoms with E-state index in [1.165, 1.54) is 0 Å². The van der Waals surface area contributed by atoms with Crippen LogP contribution < -0.4 is 15.4 Å². The smallest absolute Gasteiger partial charge is 0.197 e. The van der Waals surface area contributed by atoms with E-state index in [0.29, 0.717) is 5.02 Å². The standard InChI is InChI=1S/C16H17ClN4OS/c17-11-2-4-12(5-3-11)22-16(6-7-16)13-10-23-15(20-13)21-14-18-8-1-9-19-14/h2-5,10H,1,6-9H2,(H2,18,19,20,21). The number of aromatic nitrogens is 1. The zero-order valence-electron chi connectivity index (χ0n) is 12.5. The van der Waals surface area contributed by atoms with E-state index in [-0.39, 0.29) is 5.60 Å². The Bertz CT molecular complexity index is 724. The molecule has 1 aromatic heterocycles. The molecule has 0 bridgehead atoms. The van der Waals surface area contributed by atoms with Crippen molar-refractivity contribution >= 4 is 34.0 Å². The van der Waals surface area contributed by atoms with E-state index >= 15 is 0 Å². The molecule has 1 fully saturated rings. The molecule has 5 nitrogen and oxygen atoms in total. The third-order valence-electron chi connectivity index (χ3n) is 3.92. The molecule has 1 saturated carbocycles. The fraction of sp³-hybridized carbons (Fsp3) is 0.375. The third kappa shape index (κ3) is 3.28. The molecule has 2 aliphatic rings. The maximum absolute atomic E-state index is 6.17. The molecule has 120 valence electrons. The number of hydrogen-bond acceptors (Lipinski definition) is 6. The van der Waals surface area contributed by atoms with Gasteiger partial charge in [-0.3, -0.25) is 4.99 Å². The van der Waals surface area contributed by atoms with Crippen LogP contribution in [0, 0.1) is 0 Å². The van der Waals surface area contributed by atoms with Crippen molar-refractivity contribution in [3.05, 3.63) is 40.4 Å². The molecule has 2 heterocycles. The molecule has 0 radical (unpaired) electrons. The van der Waals surface area contributed by atoms with Crippen molar-refractivity contribution in [1.29, 1.82) is 0 Å². The highest BCUT2D eigenvalue weighted by molar-refractivity contribution is 7.14. The lowest BCUT2D eigenvalue weighted by molar-refractivity contribution is 0.177. The molecule has 0 saturated heterocycles. The first-order valence-corrected chi connectivity index (χ1v) is 8.95. The Morgan fingerprint density at radius 3 is 2.78 bits per heavy atom. The lowest BCUT2D eigenvalue weighted by Crippen LogP contribution is -2.35. The molecule has 0 amide bonds. The van der Waals surface area contributed by atoms with Crippen molar-refractivity contribution < 1.29 is 4.74 Å². The van der Waals surface area contributed by atoms with E-state index in [4.69, 9.17) is 16.3 Å². The van der Waals surface area contributed by atoms with Crippen LogP contribution in [0.3, 0.4) is 0 Å². The van der Waals surface area contributed by atoms with Gasteiger partial charge in [0.15, 0.2) is 16.7 Å². The van der Waals surface area contributed by atoms with Gasteiger partial charge in [0.25, 0.3) is 0 Å². The number of aliphatic imine (C=N–C) groups is 1. The molecule has 2 aromatic rings. The van der Waals surface area contributed by atoms with Gasteiger partial charge >= 0.3 is 0 Å². The highest BCUT2D eigenvalue weighted by Gasteiger charge is 2.49. The van der Waals surface area contributed by atoms with Crippen LogP contribution in [0.2, 0.25) is 5.02 Å². The number of hydrogen-bond donors (Lipinski definition) is 2. The number of guanidine groups is 1. The summed E-state index contributed by atoms with van der Waals surface area (Å²) in [4.78, 5) is 9.09. The number of halogens is 1. The zero-order valence-corrected chi connectivity index (χ0v) is 14.1. The fourth-order valence-electron chi connectivity index (χ4n) is 2.51. The molecule has 1 aromatic carbocycles. The summed E-state index contributed by atoms with van der Waals surface area (Å²) in [5.41, 5.74) is 0.697. The molecule has 23 heavy (non-hydrogen) atoms. The Morgan fingerprint density at radius 2 is 2.09 bits per heavy atom. The minimum absolute atomic E-state index is 0.286. The molecule has 0 spiro atoms. The minimum atomic E-state index is -0.286. The van der Waals surface area contributed by atoms with Gasteiger partial charge in [-0.15, -0.1) is 11.3 Å². The van der Waals surface area contributed by atoms with E-state index in [1.54, 1.807) is 11.3 Å². The molecule has 0 atom stereocenters. The maximum Gasteiger partial charge on any atom is 0.197 e. The molecular formula is C16H17ClN4OS. The van der Waals surface area contributed by atoms with E-state index in [2.05, 4.69) is 26.0 Å². The van der Waals surface area contributed by atoms with Crippen LogP contribution in [0.25, 0.3) is 0 Å². The maximum atomic E-state index is 6.17. The second-order valence-electron chi connectivity index (χ2n) is 5.72. The summed E-state index contributed by atoms with van der Waals surface area (Å²) in [6, 6.07) is 7.48. The van der Waals surface area contributed by atoms with Gasteiger partial charge in [-0.2, -0.15) is 0 Å². The Kier molecular flexibility index (Phi) is 3.87. The number of benzene rings is 1. The van der Waals surface area contributed by atoms with Crippen LogP contribution in [-0.4, -0.2) is 24.0 Å². The van der Waals surface area contributed by atoms with Crippen molar-refractivity contribution in [3.63, 3.8) is 0 Å². The first-order valence-electron chi connectivity index (χ1n) is 7.69. The van der Waals surface area contributed by atoms with Crippen molar-refractivity contribution in [2.45, 2.75) is 24.9 Å². The largest absolute Gasteiger partial charge is 0.481 e. The SMILES string of the molecule is Clc1ccc(OC2(c3csc(NC4=NCCCN4)n3)CC2)cc1. The molecular weight excluding hydrogens is 332 g/mol. The van der Waals surface area contributed by atoms with Crippen molar-refractivity contribution in [2.75, 3.05) is 18.4 Å². The predicted octanol–water partition coefficient (Wildman–Crippen LogP) is 3.63. The number of thiazole rings is 1. The van der Waals surface area contributed by atoms with Crippen molar-refractivity contribution in [2.24, 2.45) is 4.99 Å². The second kappa shape index (κ2) is 6.02. The molecule has 7 heteroatoms. The lowest BCUT2D eigenvalue weighted by atomic mass is 10.2. The Balaban J connectivity index is 1.47. The van der Waals surface area contributed by atoms with Crippen molar-refractivity contribution in [3.8, 4) is 5.75 Å². The first-order chi connectivity index (χ1) is 11.2. The summed E-state index contributed by atoms with van der Waals surface area (Å²) in [7, 11) is 0. The predicted molar refractivity (Wildman–Crippen MR) is 93.7 cm³/mol. The summed E-state index contributed by atoms with van der Waals surface area (Å²) in [5.74, 6) is 1.63. The summed E-state index contributed by atoms with van der Waals surface area (Å²) < 4.78 is 6.17. The average molecular weight is 349 g/mol. The van der Waals surface area contributed by atoms with E-state index in [1.807, 2.05) is 24.3 Å². The van der Waals surface area contributed by atoms with Crippen molar-refractivity contribution in [1.82, 2.24) is 10.3 Å². The fourth-order valence-corrected chi connectivity index (χ4v) is 3.43. The van der Waals surface area contributed by atoms with E-state index < -0.39 is 0 Å². The monoisotopic (exact) mass is 348 g/mol. The summed E-state index contributed by atoms with van der Waals surface area (Å²) in [5, 5.41) is 10.1. The van der Waals surface area contributed by atoms with E-state index in [9.17, 15) is 0 Å². The van der Waals surface area contributed by atoms with Crippen LogP contribution >= 0.6 is 22.9 Å². The summed E-state index contributed by atoms with van der Waals surface area (Å²) in [6.07, 6.45) is 3.04. The van der Waals surface area contributed by atoms with Gasteiger partial charge in [0, 0.05) is 23.5 Å². The van der Waals surface area contributed by atoms with E-state index in [0.717, 1.165) is 54.9 Å². The number of rotatable bonds is 4. The van der Waals surface area contributed by atoms with Gasteiger partial charge < -0.3 is 15.4 Å². The highest BCUT2D eigenvalue weighted by Crippen LogP contribution is 2.49. The Morgan fingerprint density at radius 1 is 1.26 bits per heavy atom. The number of anilines is 1. The van der Waals surface area contributed by atoms with Crippen LogP contribution in [0.5, 0.6) is 5.75 Å². The van der Waals surface area contributed by atoms with Crippen LogP contribution in [0.15, 0.2) is 34.6 Å². The minimum Gasteiger partial charge on any atom is -0.481 e. The van der Waals surface area contributed by atoms with Gasteiger partial charge in [-0.1, -0.05) is 11.6 Å². The van der Waals surface area contributed by atoms with Gasteiger partial charge in [-0.05, 0) is 43.5 Å². The van der Waals surface area contributed by atoms with Gasteiger partial charge in [0.05, 0.1) is 5.69 Å². The highest BCUT2D eigenvalue weighted by atomic mass is 35.5. The number of nitrogens with one attached hydrogen (secondary N) is 2. The molecule has 2 N–H and O–H groups in total. The van der Waals surface area contributed by atoms with Crippen LogP contribution in [0.1, 0.15) is 25.0 Å². The summed E-state index contributed by atoms with van der Waals surface area (Å²) >= 11 is 7.50. The normalized spacial score (nSPS) is 18.7. The molecule has 1 aliphatic heterocycles. The van der Waals surface area contributed by atoms with Gasteiger partial charge in [-0.25, -0.2) is 4.98 Å². The Hall–Kier alpha value is -1.79. The van der Waals surface area contributed by atoms with Gasteiger partial charge in [0.2, 0.25) is 0 Å². The summed E-state index contributed by atoms with van der Waals surface area (Å²) in [6.45, 7) is 1.81. The van der Waals surface area contributed by atoms with Gasteiger partial charge in [0.1, 0.15) is 5.75 Å². The molecule has 4 rings (SSSR count). The lowest BCUT2D eigenvalue weighted by Gasteiger charge is -2.16. The molecule has 0 unspecified atom stereocenters.